The zero-order valence-corrected chi connectivity index (χ0v) is 18.9. The van der Waals surface area contributed by atoms with E-state index in [1.807, 2.05) is 12.1 Å². The molecule has 3 heterocycles. The van der Waals surface area contributed by atoms with Gasteiger partial charge in [0, 0.05) is 43.7 Å². The van der Waals surface area contributed by atoms with Gasteiger partial charge in [0.1, 0.15) is 16.4 Å². The third-order valence-corrected chi connectivity index (χ3v) is 6.75. The molecule has 1 aliphatic rings. The highest BCUT2D eigenvalue weighted by atomic mass is 35.5. The van der Waals surface area contributed by atoms with Gasteiger partial charge in [0.05, 0.1) is 12.5 Å². The lowest BCUT2D eigenvalue weighted by Crippen LogP contribution is -2.46. The van der Waals surface area contributed by atoms with Crippen LogP contribution in [-0.2, 0) is 6.54 Å². The van der Waals surface area contributed by atoms with Gasteiger partial charge in [0.2, 0.25) is 5.28 Å². The number of anilines is 1. The molecule has 1 aliphatic heterocycles. The van der Waals surface area contributed by atoms with Gasteiger partial charge in [0.15, 0.2) is 0 Å². The molecule has 158 valence electrons. The summed E-state index contributed by atoms with van der Waals surface area (Å²) in [5, 5.41) is 3.53. The number of fused-ring (bicyclic) bond motifs is 1. The second-order valence-corrected chi connectivity index (χ2v) is 8.82. The largest absolute Gasteiger partial charge is 0.497 e. The van der Waals surface area contributed by atoms with Crippen LogP contribution in [0.25, 0.3) is 21.3 Å². The second-order valence-electron chi connectivity index (χ2n) is 7.62. The van der Waals surface area contributed by atoms with Crippen LogP contribution in [0.2, 0.25) is 5.28 Å². The number of benzene rings is 2. The Kier molecular flexibility index (Phi) is 5.76. The van der Waals surface area contributed by atoms with Crippen LogP contribution in [0.5, 0.6) is 5.75 Å². The van der Waals surface area contributed by atoms with E-state index in [0.717, 1.165) is 65.6 Å². The maximum Gasteiger partial charge on any atom is 0.225 e. The van der Waals surface area contributed by atoms with Crippen LogP contribution in [0, 0.1) is 0 Å². The number of ether oxygens (including phenoxy) is 1. The lowest BCUT2D eigenvalue weighted by atomic mass is 10.1. The highest BCUT2D eigenvalue weighted by molar-refractivity contribution is 7.17. The van der Waals surface area contributed by atoms with Gasteiger partial charge in [-0.1, -0.05) is 42.5 Å². The Bertz CT molecular complexity index is 1170. The number of nitrogens with zero attached hydrogens (tertiary/aromatic N) is 4. The van der Waals surface area contributed by atoms with Gasteiger partial charge in [-0.25, -0.2) is 4.98 Å². The summed E-state index contributed by atoms with van der Waals surface area (Å²) in [5.41, 5.74) is 3.62. The Balaban J connectivity index is 1.42. The van der Waals surface area contributed by atoms with Crippen molar-refractivity contribution in [1.82, 2.24) is 14.9 Å². The lowest BCUT2D eigenvalue weighted by molar-refractivity contribution is 0.249. The standard InChI is InChI=1S/C24H23ClN4OS/c1-30-19-9-7-18(8-10-19)20-16-31-23-21(20)22(26-24(25)27-23)29-13-11-28(12-14-29)15-17-5-3-2-4-6-17/h2-10,16H,11-15H2,1H3. The van der Waals surface area contributed by atoms with Crippen molar-refractivity contribution in [3.8, 4) is 16.9 Å². The molecule has 1 saturated heterocycles. The fraction of sp³-hybridized carbons (Fsp3) is 0.250. The Labute approximate surface area is 190 Å². The number of aromatic nitrogens is 2. The summed E-state index contributed by atoms with van der Waals surface area (Å²) >= 11 is 7.91. The van der Waals surface area contributed by atoms with Crippen molar-refractivity contribution in [2.75, 3.05) is 38.2 Å². The smallest absolute Gasteiger partial charge is 0.225 e. The molecule has 0 unspecified atom stereocenters. The van der Waals surface area contributed by atoms with Gasteiger partial charge in [-0.05, 0) is 34.9 Å². The van der Waals surface area contributed by atoms with Crippen LogP contribution in [0.15, 0.2) is 60.0 Å². The van der Waals surface area contributed by atoms with Crippen LogP contribution in [0.3, 0.4) is 0 Å². The summed E-state index contributed by atoms with van der Waals surface area (Å²) in [6.07, 6.45) is 0. The van der Waals surface area contributed by atoms with Gasteiger partial charge in [-0.2, -0.15) is 4.98 Å². The predicted octanol–water partition coefficient (Wildman–Crippen LogP) is 5.34. The maximum absolute atomic E-state index is 6.30. The van der Waals surface area contributed by atoms with Crippen molar-refractivity contribution in [2.24, 2.45) is 0 Å². The van der Waals surface area contributed by atoms with Gasteiger partial charge in [-0.3, -0.25) is 4.90 Å². The molecule has 0 bridgehead atoms. The van der Waals surface area contributed by atoms with E-state index >= 15 is 0 Å². The van der Waals surface area contributed by atoms with E-state index in [9.17, 15) is 0 Å². The first-order valence-corrected chi connectivity index (χ1v) is 11.6. The molecule has 2 aromatic carbocycles. The first-order valence-electron chi connectivity index (χ1n) is 10.3. The van der Waals surface area contributed by atoms with Crippen molar-refractivity contribution in [2.45, 2.75) is 6.54 Å². The topological polar surface area (TPSA) is 41.5 Å². The van der Waals surface area contributed by atoms with Crippen molar-refractivity contribution in [3.05, 3.63) is 70.8 Å². The molecule has 7 heteroatoms. The quantitative estimate of drug-likeness (QED) is 0.384. The maximum atomic E-state index is 6.30. The van der Waals surface area contributed by atoms with Gasteiger partial charge >= 0.3 is 0 Å². The molecule has 5 nitrogen and oxygen atoms in total. The highest BCUT2D eigenvalue weighted by Crippen LogP contribution is 2.39. The molecule has 0 amide bonds. The minimum Gasteiger partial charge on any atom is -0.497 e. The number of thiophene rings is 1. The van der Waals surface area contributed by atoms with Crippen LogP contribution in [-0.4, -0.2) is 48.2 Å². The third-order valence-electron chi connectivity index (χ3n) is 5.71. The Morgan fingerprint density at radius 2 is 1.71 bits per heavy atom. The van der Waals surface area contributed by atoms with E-state index in [4.69, 9.17) is 16.3 Å². The number of halogens is 1. The number of piperazine rings is 1. The minimum atomic E-state index is 0.303. The van der Waals surface area contributed by atoms with Crippen LogP contribution >= 0.6 is 22.9 Å². The first kappa shape index (κ1) is 20.2. The van der Waals surface area contributed by atoms with E-state index in [1.54, 1.807) is 18.4 Å². The Hall–Kier alpha value is -2.67. The summed E-state index contributed by atoms with van der Waals surface area (Å²) < 4.78 is 5.31. The molecule has 31 heavy (non-hydrogen) atoms. The summed E-state index contributed by atoms with van der Waals surface area (Å²) in [5.74, 6) is 1.78. The van der Waals surface area contributed by atoms with E-state index in [2.05, 4.69) is 67.6 Å². The van der Waals surface area contributed by atoms with E-state index in [-0.39, 0.29) is 0 Å². The fourth-order valence-corrected chi connectivity index (χ4v) is 5.23. The molecule has 0 spiro atoms. The number of methoxy groups -OCH3 is 1. The van der Waals surface area contributed by atoms with Crippen molar-refractivity contribution < 1.29 is 4.74 Å². The van der Waals surface area contributed by atoms with Crippen LogP contribution in [0.4, 0.5) is 5.82 Å². The molecular formula is C24H23ClN4OS. The average Bonchev–Trinajstić information content (AvgIpc) is 3.23. The molecular weight excluding hydrogens is 428 g/mol. The van der Waals surface area contributed by atoms with Crippen molar-refractivity contribution >= 4 is 39.0 Å². The number of hydrogen-bond acceptors (Lipinski definition) is 6. The van der Waals surface area contributed by atoms with E-state index in [1.165, 1.54) is 5.56 Å². The highest BCUT2D eigenvalue weighted by Gasteiger charge is 2.23. The molecule has 0 aliphatic carbocycles. The molecule has 2 aromatic heterocycles. The average molecular weight is 451 g/mol. The molecule has 0 radical (unpaired) electrons. The number of rotatable bonds is 5. The van der Waals surface area contributed by atoms with E-state index in [0.29, 0.717) is 5.28 Å². The first-order chi connectivity index (χ1) is 15.2. The molecule has 1 fully saturated rings. The summed E-state index contributed by atoms with van der Waals surface area (Å²) in [6.45, 7) is 4.77. The molecule has 5 rings (SSSR count). The zero-order valence-electron chi connectivity index (χ0n) is 17.3. The van der Waals surface area contributed by atoms with E-state index < -0.39 is 0 Å². The monoisotopic (exact) mass is 450 g/mol. The van der Waals surface area contributed by atoms with Gasteiger partial charge in [-0.15, -0.1) is 11.3 Å². The van der Waals surface area contributed by atoms with Gasteiger partial charge < -0.3 is 9.64 Å². The van der Waals surface area contributed by atoms with Crippen LogP contribution in [0.1, 0.15) is 5.56 Å². The third kappa shape index (κ3) is 4.24. The second kappa shape index (κ2) is 8.83. The summed E-state index contributed by atoms with van der Waals surface area (Å²) in [4.78, 5) is 14.9. The predicted molar refractivity (Wildman–Crippen MR) is 128 cm³/mol. The summed E-state index contributed by atoms with van der Waals surface area (Å²) in [6, 6.07) is 18.8. The fourth-order valence-electron chi connectivity index (χ4n) is 4.07. The molecule has 4 aromatic rings. The van der Waals surface area contributed by atoms with Gasteiger partial charge in [0.25, 0.3) is 0 Å². The Morgan fingerprint density at radius 1 is 0.968 bits per heavy atom. The Morgan fingerprint density at radius 3 is 2.42 bits per heavy atom. The summed E-state index contributed by atoms with van der Waals surface area (Å²) in [7, 11) is 1.68. The normalized spacial score (nSPS) is 14.8. The van der Waals surface area contributed by atoms with Crippen molar-refractivity contribution in [1.29, 1.82) is 0 Å². The zero-order chi connectivity index (χ0) is 21.2. The molecule has 0 N–H and O–H groups in total. The molecule has 0 atom stereocenters. The van der Waals surface area contributed by atoms with Crippen LogP contribution < -0.4 is 9.64 Å². The lowest BCUT2D eigenvalue weighted by Gasteiger charge is -2.35. The SMILES string of the molecule is COc1ccc(-c2csc3nc(Cl)nc(N4CCN(Cc5ccccc5)CC4)c23)cc1. The molecule has 0 saturated carbocycles. The van der Waals surface area contributed by atoms with Crippen molar-refractivity contribution in [3.63, 3.8) is 0 Å². The number of hydrogen-bond donors (Lipinski definition) is 0. The minimum absolute atomic E-state index is 0.303.